The molecule has 0 amide bonds. The number of halogens is 2. The Morgan fingerprint density at radius 3 is 2.41 bits per heavy atom. The van der Waals surface area contributed by atoms with Crippen LogP contribution < -0.4 is 0 Å². The van der Waals surface area contributed by atoms with Crippen molar-refractivity contribution in [1.82, 2.24) is 0 Å². The van der Waals surface area contributed by atoms with Crippen LogP contribution in [0.25, 0.3) is 0 Å². The molecule has 2 aromatic carbocycles. The van der Waals surface area contributed by atoms with Crippen LogP contribution in [-0.4, -0.2) is 12.8 Å². The van der Waals surface area contributed by atoms with Crippen molar-refractivity contribution in [2.75, 3.05) is 7.05 Å². The van der Waals surface area contributed by atoms with Gasteiger partial charge >= 0.3 is 0 Å². The first kappa shape index (κ1) is 17.1. The summed E-state index contributed by atoms with van der Waals surface area (Å²) in [6.07, 6.45) is 2.06. The number of rotatable bonds is 1. The number of fused-ring (bicyclic) bond motifs is 1. The highest BCUT2D eigenvalue weighted by Crippen LogP contribution is 2.38. The molecule has 1 aliphatic carbocycles. The van der Waals surface area contributed by atoms with Gasteiger partial charge < -0.3 is 0 Å². The normalized spacial score (nSPS) is 18.4. The van der Waals surface area contributed by atoms with Gasteiger partial charge in [0.15, 0.2) is 0 Å². The van der Waals surface area contributed by atoms with E-state index in [9.17, 15) is 0 Å². The lowest BCUT2D eigenvalue weighted by Crippen LogP contribution is -2.17. The summed E-state index contributed by atoms with van der Waals surface area (Å²) in [7, 11) is 1.87. The maximum absolute atomic E-state index is 6.16. The molecule has 0 aliphatic heterocycles. The Morgan fingerprint density at radius 1 is 1.00 bits per heavy atom. The first-order valence-electron chi connectivity index (χ1n) is 7.70. The van der Waals surface area contributed by atoms with Gasteiger partial charge in [-0.3, -0.25) is 4.99 Å². The van der Waals surface area contributed by atoms with E-state index in [2.05, 4.69) is 35.3 Å². The average Bonchev–Trinajstić information content (AvgIpc) is 2.58. The molecule has 22 heavy (non-hydrogen) atoms. The van der Waals surface area contributed by atoms with Crippen molar-refractivity contribution in [1.29, 1.82) is 0 Å². The molecule has 0 aromatic heterocycles. The zero-order valence-corrected chi connectivity index (χ0v) is 14.7. The molecule has 1 aliphatic rings. The standard InChI is InChI=1S/C17H15Cl2N.C2H6/c1-20-17-9-7-12(13-4-2-3-5-14(13)17)11-6-8-15(18)16(19)10-11;1-2/h2-6,8,10,12H,7,9H2,1H3;1-2H3. The summed E-state index contributed by atoms with van der Waals surface area (Å²) in [6, 6.07) is 14.4. The quantitative estimate of drug-likeness (QED) is 0.575. The molecular weight excluding hydrogens is 313 g/mol. The zero-order valence-electron chi connectivity index (χ0n) is 13.2. The van der Waals surface area contributed by atoms with Gasteiger partial charge in [0.05, 0.1) is 10.0 Å². The summed E-state index contributed by atoms with van der Waals surface area (Å²) < 4.78 is 0. The summed E-state index contributed by atoms with van der Waals surface area (Å²) in [5.74, 6) is 0.367. The van der Waals surface area contributed by atoms with E-state index in [1.54, 1.807) is 0 Å². The predicted octanol–water partition coefficient (Wildman–Crippen LogP) is 6.36. The maximum Gasteiger partial charge on any atom is 0.0595 e. The predicted molar refractivity (Wildman–Crippen MR) is 97.8 cm³/mol. The highest BCUT2D eigenvalue weighted by molar-refractivity contribution is 6.42. The molecule has 0 fully saturated rings. The topological polar surface area (TPSA) is 12.4 Å². The number of aliphatic imine (C=N–C) groups is 1. The van der Waals surface area contributed by atoms with Crippen molar-refractivity contribution in [2.45, 2.75) is 32.6 Å². The molecule has 0 heterocycles. The van der Waals surface area contributed by atoms with Gasteiger partial charge in [-0.05, 0) is 41.7 Å². The van der Waals surface area contributed by atoms with Gasteiger partial charge in [0.2, 0.25) is 0 Å². The van der Waals surface area contributed by atoms with Crippen molar-refractivity contribution in [2.24, 2.45) is 4.99 Å². The summed E-state index contributed by atoms with van der Waals surface area (Å²) in [5.41, 5.74) is 5.01. The van der Waals surface area contributed by atoms with E-state index >= 15 is 0 Å². The molecule has 0 bridgehead atoms. The lowest BCUT2D eigenvalue weighted by Gasteiger charge is -2.27. The van der Waals surface area contributed by atoms with Crippen molar-refractivity contribution < 1.29 is 0 Å². The van der Waals surface area contributed by atoms with Crippen LogP contribution in [-0.2, 0) is 0 Å². The fourth-order valence-corrected chi connectivity index (χ4v) is 3.25. The monoisotopic (exact) mass is 333 g/mol. The summed E-state index contributed by atoms with van der Waals surface area (Å²) >= 11 is 12.2. The Labute approximate surface area is 143 Å². The number of hydrogen-bond acceptors (Lipinski definition) is 1. The molecule has 0 saturated heterocycles. The summed E-state index contributed by atoms with van der Waals surface area (Å²) in [5, 5.41) is 1.23. The summed E-state index contributed by atoms with van der Waals surface area (Å²) in [6.45, 7) is 4.00. The number of nitrogens with zero attached hydrogens (tertiary/aromatic N) is 1. The van der Waals surface area contributed by atoms with Crippen LogP contribution >= 0.6 is 23.2 Å². The van der Waals surface area contributed by atoms with E-state index in [1.807, 2.05) is 33.0 Å². The minimum Gasteiger partial charge on any atom is -0.292 e. The maximum atomic E-state index is 6.16. The van der Waals surface area contributed by atoms with Crippen molar-refractivity contribution in [3.63, 3.8) is 0 Å². The molecule has 0 radical (unpaired) electrons. The zero-order chi connectivity index (χ0) is 16.1. The first-order chi connectivity index (χ1) is 10.7. The van der Waals surface area contributed by atoms with Gasteiger partial charge in [-0.25, -0.2) is 0 Å². The van der Waals surface area contributed by atoms with E-state index in [0.29, 0.717) is 16.0 Å². The van der Waals surface area contributed by atoms with Gasteiger partial charge in [-0.2, -0.15) is 0 Å². The SMILES string of the molecule is CC.CN=C1CCC(c2ccc(Cl)c(Cl)c2)c2ccccc21. The van der Waals surface area contributed by atoms with Crippen LogP contribution in [0.15, 0.2) is 47.5 Å². The average molecular weight is 334 g/mol. The Balaban J connectivity index is 0.000000847. The van der Waals surface area contributed by atoms with E-state index in [-0.39, 0.29) is 0 Å². The molecule has 3 heteroatoms. The fraction of sp³-hybridized carbons (Fsp3) is 0.316. The van der Waals surface area contributed by atoms with E-state index < -0.39 is 0 Å². The Morgan fingerprint density at radius 2 is 1.73 bits per heavy atom. The smallest absolute Gasteiger partial charge is 0.0595 e. The molecule has 1 nitrogen and oxygen atoms in total. The highest BCUT2D eigenvalue weighted by atomic mass is 35.5. The molecule has 0 spiro atoms. The van der Waals surface area contributed by atoms with Crippen LogP contribution in [0.1, 0.15) is 49.3 Å². The molecular formula is C19H21Cl2N. The molecule has 0 saturated carbocycles. The Kier molecular flexibility index (Phi) is 6.05. The van der Waals surface area contributed by atoms with Gasteiger partial charge in [0.1, 0.15) is 0 Å². The van der Waals surface area contributed by atoms with Crippen LogP contribution in [0.2, 0.25) is 10.0 Å². The number of benzene rings is 2. The third kappa shape index (κ3) is 3.37. The highest BCUT2D eigenvalue weighted by Gasteiger charge is 2.25. The molecule has 2 aromatic rings. The lowest BCUT2D eigenvalue weighted by molar-refractivity contribution is 0.722. The molecule has 1 atom stereocenters. The van der Waals surface area contributed by atoms with Crippen molar-refractivity contribution in [3.8, 4) is 0 Å². The largest absolute Gasteiger partial charge is 0.292 e. The van der Waals surface area contributed by atoms with Gasteiger partial charge in [-0.15, -0.1) is 0 Å². The Bertz CT molecular complexity index is 677. The van der Waals surface area contributed by atoms with Crippen LogP contribution in [0.3, 0.4) is 0 Å². The van der Waals surface area contributed by atoms with Gasteiger partial charge in [0.25, 0.3) is 0 Å². The van der Waals surface area contributed by atoms with Gasteiger partial charge in [0, 0.05) is 18.7 Å². The number of hydrogen-bond donors (Lipinski definition) is 0. The molecule has 3 rings (SSSR count). The molecule has 116 valence electrons. The minimum atomic E-state index is 0.367. The second kappa shape index (κ2) is 7.80. The fourth-order valence-electron chi connectivity index (χ4n) is 2.94. The van der Waals surface area contributed by atoms with Crippen molar-refractivity contribution in [3.05, 3.63) is 69.2 Å². The summed E-state index contributed by atoms with van der Waals surface area (Å²) in [4.78, 5) is 4.42. The minimum absolute atomic E-state index is 0.367. The molecule has 1 unspecified atom stereocenters. The van der Waals surface area contributed by atoms with E-state index in [0.717, 1.165) is 12.8 Å². The van der Waals surface area contributed by atoms with Crippen LogP contribution in [0.5, 0.6) is 0 Å². The Hall–Kier alpha value is -1.31. The third-order valence-electron chi connectivity index (χ3n) is 3.93. The first-order valence-corrected chi connectivity index (χ1v) is 8.46. The second-order valence-corrected chi connectivity index (χ2v) is 5.84. The molecule has 0 N–H and O–H groups in total. The third-order valence-corrected chi connectivity index (χ3v) is 4.67. The van der Waals surface area contributed by atoms with Crippen LogP contribution in [0.4, 0.5) is 0 Å². The van der Waals surface area contributed by atoms with Gasteiger partial charge in [-0.1, -0.05) is 67.4 Å². The van der Waals surface area contributed by atoms with E-state index in [4.69, 9.17) is 23.2 Å². The lowest BCUT2D eigenvalue weighted by atomic mass is 9.78. The van der Waals surface area contributed by atoms with Crippen LogP contribution in [0, 0.1) is 0 Å². The van der Waals surface area contributed by atoms with Crippen molar-refractivity contribution >= 4 is 28.9 Å². The second-order valence-electron chi connectivity index (χ2n) is 5.02. The van der Waals surface area contributed by atoms with E-state index in [1.165, 1.54) is 22.4 Å².